The van der Waals surface area contributed by atoms with Crippen molar-refractivity contribution >= 4 is 28.0 Å². The first-order valence-electron chi connectivity index (χ1n) is 12.0. The maximum absolute atomic E-state index is 6.99. The van der Waals surface area contributed by atoms with Crippen LogP contribution in [0.4, 0.5) is 11.4 Å². The Morgan fingerprint density at radius 2 is 0.968 bits per heavy atom. The van der Waals surface area contributed by atoms with Gasteiger partial charge in [-0.1, -0.05) is 24.3 Å². The Balaban J connectivity index is 2.10. The minimum absolute atomic E-state index is 1.05. The van der Waals surface area contributed by atoms with E-state index >= 15 is 0 Å². The maximum Gasteiger partial charge on any atom is 0.177 e. The molecule has 0 N–H and O–H groups in total. The molecule has 2 aromatic carbocycles. The van der Waals surface area contributed by atoms with E-state index in [1.54, 1.807) is 0 Å². The van der Waals surface area contributed by atoms with Crippen LogP contribution in [0.2, 0.25) is 26.2 Å². The number of rotatable bonds is 12. The Kier molecular flexibility index (Phi) is 9.40. The van der Waals surface area contributed by atoms with E-state index in [1.807, 2.05) is 0 Å². The molecule has 5 heteroatoms. The molecule has 2 aromatic rings. The minimum Gasteiger partial charge on any atom is -0.455 e. The van der Waals surface area contributed by atoms with E-state index in [1.165, 1.54) is 22.5 Å². The van der Waals surface area contributed by atoms with Crippen molar-refractivity contribution in [2.45, 2.75) is 66.0 Å². The van der Waals surface area contributed by atoms with Gasteiger partial charge in [0.1, 0.15) is 0 Å². The summed E-state index contributed by atoms with van der Waals surface area (Å²) in [5, 5.41) is 0. The van der Waals surface area contributed by atoms with Gasteiger partial charge < -0.3 is 13.9 Å². The van der Waals surface area contributed by atoms with E-state index in [0.29, 0.717) is 0 Å². The van der Waals surface area contributed by atoms with E-state index in [0.717, 1.165) is 38.3 Å². The third-order valence-corrected chi connectivity index (χ3v) is 12.8. The SMILES string of the molecule is CCN(CC)c1cccc(C[Si](C)(C)O[Si](C)(C)Cc2cccc(N(CC)CC)c2)c1. The summed E-state index contributed by atoms with van der Waals surface area (Å²) < 4.78 is 6.99. The molecular formula is C26H44N2OSi2. The Morgan fingerprint density at radius 1 is 0.613 bits per heavy atom. The third kappa shape index (κ3) is 7.81. The predicted molar refractivity (Wildman–Crippen MR) is 143 cm³/mol. The van der Waals surface area contributed by atoms with Gasteiger partial charge in [-0.2, -0.15) is 0 Å². The van der Waals surface area contributed by atoms with Crippen molar-refractivity contribution in [3.05, 3.63) is 59.7 Å². The zero-order valence-corrected chi connectivity index (χ0v) is 23.2. The summed E-state index contributed by atoms with van der Waals surface area (Å²) in [6.07, 6.45) is 0. The fraction of sp³-hybridized carbons (Fsp3) is 0.538. The first kappa shape index (κ1) is 25.7. The second-order valence-electron chi connectivity index (χ2n) is 9.66. The van der Waals surface area contributed by atoms with Crippen LogP contribution in [0.15, 0.2) is 48.5 Å². The van der Waals surface area contributed by atoms with E-state index < -0.39 is 16.6 Å². The summed E-state index contributed by atoms with van der Waals surface area (Å²) in [4.78, 5) is 4.83. The van der Waals surface area contributed by atoms with Gasteiger partial charge in [-0.05, 0) is 101 Å². The van der Waals surface area contributed by atoms with Crippen LogP contribution in [0.5, 0.6) is 0 Å². The Labute approximate surface area is 193 Å². The van der Waals surface area contributed by atoms with Crippen molar-refractivity contribution in [2.75, 3.05) is 36.0 Å². The zero-order valence-electron chi connectivity index (χ0n) is 21.2. The average Bonchev–Trinajstić information content (AvgIpc) is 2.69. The number of hydrogen-bond acceptors (Lipinski definition) is 3. The van der Waals surface area contributed by atoms with Gasteiger partial charge in [-0.3, -0.25) is 0 Å². The molecule has 3 nitrogen and oxygen atoms in total. The molecule has 0 aliphatic carbocycles. The van der Waals surface area contributed by atoms with Crippen molar-refractivity contribution < 1.29 is 4.12 Å². The normalized spacial score (nSPS) is 12.1. The van der Waals surface area contributed by atoms with Crippen LogP contribution in [-0.2, 0) is 16.2 Å². The quantitative estimate of drug-likeness (QED) is 0.332. The van der Waals surface area contributed by atoms with E-state index in [4.69, 9.17) is 4.12 Å². The number of anilines is 2. The molecule has 0 saturated carbocycles. The number of nitrogens with zero attached hydrogens (tertiary/aromatic N) is 2. The van der Waals surface area contributed by atoms with Crippen LogP contribution in [0.25, 0.3) is 0 Å². The van der Waals surface area contributed by atoms with Crippen LogP contribution in [0.1, 0.15) is 38.8 Å². The van der Waals surface area contributed by atoms with Crippen LogP contribution in [0, 0.1) is 0 Å². The molecule has 0 amide bonds. The summed E-state index contributed by atoms with van der Waals surface area (Å²) >= 11 is 0. The van der Waals surface area contributed by atoms with Crippen LogP contribution >= 0.6 is 0 Å². The molecule has 0 bridgehead atoms. The Bertz CT molecular complexity index is 747. The van der Waals surface area contributed by atoms with Gasteiger partial charge in [0.2, 0.25) is 0 Å². The summed E-state index contributed by atoms with van der Waals surface area (Å²) in [7, 11) is -3.66. The molecule has 0 aliphatic rings. The van der Waals surface area contributed by atoms with Crippen LogP contribution in [0.3, 0.4) is 0 Å². The molecule has 0 radical (unpaired) electrons. The second-order valence-corrected chi connectivity index (χ2v) is 18.2. The molecule has 0 atom stereocenters. The van der Waals surface area contributed by atoms with E-state index in [9.17, 15) is 0 Å². The van der Waals surface area contributed by atoms with Gasteiger partial charge in [0.15, 0.2) is 16.6 Å². The lowest BCUT2D eigenvalue weighted by Gasteiger charge is -2.34. The van der Waals surface area contributed by atoms with Crippen molar-refractivity contribution in [1.82, 2.24) is 0 Å². The fourth-order valence-electron chi connectivity index (χ4n) is 4.71. The summed E-state index contributed by atoms with van der Waals surface area (Å²) in [6.45, 7) is 22.6. The van der Waals surface area contributed by atoms with Gasteiger partial charge in [-0.25, -0.2) is 0 Å². The van der Waals surface area contributed by atoms with Crippen LogP contribution in [-0.4, -0.2) is 42.8 Å². The largest absolute Gasteiger partial charge is 0.455 e. The molecule has 2 rings (SSSR count). The Hall–Kier alpha value is -1.57. The van der Waals surface area contributed by atoms with E-state index in [-0.39, 0.29) is 0 Å². The molecule has 0 aliphatic heterocycles. The predicted octanol–water partition coefficient (Wildman–Crippen LogP) is 6.67. The molecule has 0 spiro atoms. The van der Waals surface area contributed by atoms with E-state index in [2.05, 4.69) is 112 Å². The van der Waals surface area contributed by atoms with Gasteiger partial charge >= 0.3 is 0 Å². The molecule has 0 aromatic heterocycles. The molecule has 0 saturated heterocycles. The Morgan fingerprint density at radius 3 is 1.29 bits per heavy atom. The highest BCUT2D eigenvalue weighted by atomic mass is 28.4. The van der Waals surface area contributed by atoms with Crippen molar-refractivity contribution in [2.24, 2.45) is 0 Å². The molecule has 0 heterocycles. The van der Waals surface area contributed by atoms with Crippen molar-refractivity contribution in [3.63, 3.8) is 0 Å². The molecule has 0 fully saturated rings. The second kappa shape index (κ2) is 11.3. The molecular weight excluding hydrogens is 412 g/mol. The van der Waals surface area contributed by atoms with Gasteiger partial charge in [0, 0.05) is 37.6 Å². The lowest BCUT2D eigenvalue weighted by Crippen LogP contribution is -2.47. The highest BCUT2D eigenvalue weighted by Gasteiger charge is 2.33. The first-order chi connectivity index (χ1) is 14.6. The lowest BCUT2D eigenvalue weighted by molar-refractivity contribution is 0.537. The smallest absolute Gasteiger partial charge is 0.177 e. The number of hydrogen-bond donors (Lipinski definition) is 0. The summed E-state index contributed by atoms with van der Waals surface area (Å²) in [6, 6.07) is 20.3. The maximum atomic E-state index is 6.99. The average molecular weight is 457 g/mol. The van der Waals surface area contributed by atoms with Crippen LogP contribution < -0.4 is 9.80 Å². The van der Waals surface area contributed by atoms with Gasteiger partial charge in [-0.15, -0.1) is 0 Å². The van der Waals surface area contributed by atoms with Gasteiger partial charge in [0.05, 0.1) is 0 Å². The lowest BCUT2D eigenvalue weighted by atomic mass is 10.2. The third-order valence-electron chi connectivity index (χ3n) is 5.89. The first-order valence-corrected chi connectivity index (χ1v) is 18.2. The summed E-state index contributed by atoms with van der Waals surface area (Å²) in [5.74, 6) is 0. The minimum atomic E-state index is -1.83. The molecule has 31 heavy (non-hydrogen) atoms. The van der Waals surface area contributed by atoms with Crippen molar-refractivity contribution in [1.29, 1.82) is 0 Å². The monoisotopic (exact) mass is 456 g/mol. The van der Waals surface area contributed by atoms with Crippen molar-refractivity contribution in [3.8, 4) is 0 Å². The zero-order chi connectivity index (χ0) is 23.1. The standard InChI is InChI=1S/C26H44N2OSi2/c1-9-27(10-2)25-17-13-15-23(19-25)21-30(5,6)29-31(7,8)22-24-16-14-18-26(20-24)28(11-3)12-4/h13-20H,9-12,21-22H2,1-8H3. The topological polar surface area (TPSA) is 15.7 Å². The number of benzene rings is 2. The van der Waals surface area contributed by atoms with Gasteiger partial charge in [0.25, 0.3) is 0 Å². The fourth-order valence-corrected chi connectivity index (χ4v) is 13.7. The molecule has 172 valence electrons. The highest BCUT2D eigenvalue weighted by molar-refractivity contribution is 6.84. The highest BCUT2D eigenvalue weighted by Crippen LogP contribution is 2.25. The summed E-state index contributed by atoms with van der Waals surface area (Å²) in [5.41, 5.74) is 5.48. The molecule has 0 unspecified atom stereocenters.